The van der Waals surface area contributed by atoms with Gasteiger partial charge in [0.05, 0.1) is 4.88 Å². The number of nitrogens with one attached hydrogen (secondary N) is 1. The number of hydrogen-bond donors (Lipinski definition) is 1. The summed E-state index contributed by atoms with van der Waals surface area (Å²) >= 11 is 7.64. The Morgan fingerprint density at radius 2 is 1.88 bits per heavy atom. The molecule has 1 N–H and O–H groups in total. The van der Waals surface area contributed by atoms with Crippen LogP contribution in [0.25, 0.3) is 21.1 Å². The van der Waals surface area contributed by atoms with Gasteiger partial charge in [-0.15, -0.1) is 21.5 Å². The SMILES string of the molecule is CC(=O)N(c1cccc(-c2sc(-c3nn[nH]n3)c([O])c2Cl)c1)C1CC(C)(C)CC(C)(C)C1. The molecule has 1 amide bonds. The summed E-state index contributed by atoms with van der Waals surface area (Å²) < 4.78 is 0. The first kappa shape index (κ1) is 22.7. The molecule has 32 heavy (non-hydrogen) atoms. The largest absolute Gasteiger partial charge is 0.310 e. The lowest BCUT2D eigenvalue weighted by Crippen LogP contribution is -2.48. The van der Waals surface area contributed by atoms with Gasteiger partial charge < -0.3 is 4.90 Å². The molecule has 0 saturated heterocycles. The molecule has 1 aliphatic carbocycles. The lowest BCUT2D eigenvalue weighted by molar-refractivity contribution is -0.117. The highest BCUT2D eigenvalue weighted by atomic mass is 35.5. The highest BCUT2D eigenvalue weighted by Crippen LogP contribution is 2.50. The van der Waals surface area contributed by atoms with Gasteiger partial charge in [0.15, 0.2) is 0 Å². The number of hydrogen-bond acceptors (Lipinski definition) is 5. The number of H-pyrrole nitrogens is 1. The van der Waals surface area contributed by atoms with Crippen molar-refractivity contribution in [2.24, 2.45) is 10.8 Å². The van der Waals surface area contributed by atoms with Gasteiger partial charge in [0.1, 0.15) is 9.90 Å². The zero-order chi connectivity index (χ0) is 23.3. The summed E-state index contributed by atoms with van der Waals surface area (Å²) in [4.78, 5) is 15.7. The number of carbonyl (C=O) groups is 1. The van der Waals surface area contributed by atoms with Gasteiger partial charge >= 0.3 is 0 Å². The molecule has 7 nitrogen and oxygen atoms in total. The van der Waals surface area contributed by atoms with Gasteiger partial charge in [-0.1, -0.05) is 51.4 Å². The Morgan fingerprint density at radius 1 is 1.19 bits per heavy atom. The van der Waals surface area contributed by atoms with Crippen molar-refractivity contribution in [1.82, 2.24) is 20.6 Å². The number of rotatable bonds is 4. The van der Waals surface area contributed by atoms with Gasteiger partial charge in [-0.2, -0.15) is 5.21 Å². The van der Waals surface area contributed by atoms with E-state index in [1.807, 2.05) is 29.2 Å². The molecular formula is C23H27ClN5O2S. The lowest BCUT2D eigenvalue weighted by Gasteiger charge is -2.48. The second-order valence-corrected chi connectivity index (χ2v) is 11.5. The third kappa shape index (κ3) is 4.38. The van der Waals surface area contributed by atoms with E-state index in [-0.39, 0.29) is 39.4 Å². The number of nitrogens with zero attached hydrogens (tertiary/aromatic N) is 4. The number of anilines is 1. The number of aromatic nitrogens is 4. The Hall–Kier alpha value is -2.45. The minimum atomic E-state index is -0.322. The molecular weight excluding hydrogens is 446 g/mol. The molecule has 0 unspecified atom stereocenters. The molecule has 1 saturated carbocycles. The quantitative estimate of drug-likeness (QED) is 0.478. The van der Waals surface area contributed by atoms with Gasteiger partial charge in [-0.25, -0.2) is 0 Å². The van der Waals surface area contributed by atoms with Crippen LogP contribution in [0.4, 0.5) is 5.69 Å². The third-order valence-corrected chi connectivity index (χ3v) is 7.67. The first-order chi connectivity index (χ1) is 15.0. The molecule has 169 valence electrons. The van der Waals surface area contributed by atoms with Crippen LogP contribution in [0, 0.1) is 10.8 Å². The highest BCUT2D eigenvalue weighted by molar-refractivity contribution is 7.20. The second-order valence-electron chi connectivity index (χ2n) is 10.1. The maximum Gasteiger partial charge on any atom is 0.224 e. The first-order valence-electron chi connectivity index (χ1n) is 10.6. The normalized spacial score (nSPS) is 17.9. The molecule has 2 aromatic heterocycles. The van der Waals surface area contributed by atoms with E-state index in [9.17, 15) is 9.90 Å². The second kappa shape index (κ2) is 8.15. The van der Waals surface area contributed by atoms with Gasteiger partial charge in [-0.3, -0.25) is 9.90 Å². The summed E-state index contributed by atoms with van der Waals surface area (Å²) in [5, 5.41) is 26.5. The zero-order valence-electron chi connectivity index (χ0n) is 18.9. The number of halogens is 1. The van der Waals surface area contributed by atoms with Crippen molar-refractivity contribution in [2.75, 3.05) is 4.90 Å². The van der Waals surface area contributed by atoms with E-state index in [2.05, 4.69) is 48.3 Å². The standard InChI is InChI=1S/C23H27ClN5O2S/c1-13(30)29(16-10-22(2,3)12-23(4,5)11-16)15-8-6-7-14(9-15)19-17(24)18(31)20(32-19)21-25-27-28-26-21/h6-9,16H,10-12H2,1-5H3,(H,25,26,27,28). The van der Waals surface area contributed by atoms with E-state index in [0.29, 0.717) is 9.75 Å². The van der Waals surface area contributed by atoms with E-state index < -0.39 is 0 Å². The molecule has 4 rings (SSSR count). The van der Waals surface area contributed by atoms with Crippen molar-refractivity contribution in [1.29, 1.82) is 0 Å². The Bertz CT molecular complexity index is 1120. The maximum atomic E-state index is 12.8. The lowest BCUT2D eigenvalue weighted by atomic mass is 9.63. The number of tetrazole rings is 1. The summed E-state index contributed by atoms with van der Waals surface area (Å²) in [5.74, 6) is -0.0889. The summed E-state index contributed by atoms with van der Waals surface area (Å²) in [5.41, 5.74) is 1.88. The average molecular weight is 473 g/mol. The fourth-order valence-corrected chi connectivity index (χ4v) is 6.78. The van der Waals surface area contributed by atoms with Crippen LogP contribution in [0.5, 0.6) is 5.75 Å². The fourth-order valence-electron chi connectivity index (χ4n) is 5.40. The molecule has 0 spiro atoms. The predicted octanol–water partition coefficient (Wildman–Crippen LogP) is 6.35. The molecule has 3 aromatic rings. The fraction of sp³-hybridized carbons (Fsp3) is 0.478. The Labute approximate surface area is 196 Å². The van der Waals surface area contributed by atoms with Crippen molar-refractivity contribution in [3.8, 4) is 26.9 Å². The number of benzene rings is 1. The van der Waals surface area contributed by atoms with Crippen LogP contribution >= 0.6 is 22.9 Å². The summed E-state index contributed by atoms with van der Waals surface area (Å²) in [6.07, 6.45) is 3.00. The Balaban J connectivity index is 1.73. The third-order valence-electron chi connectivity index (χ3n) is 5.98. The topological polar surface area (TPSA) is 94.7 Å². The summed E-state index contributed by atoms with van der Waals surface area (Å²) in [7, 11) is 0. The van der Waals surface area contributed by atoms with Crippen LogP contribution in [0.2, 0.25) is 5.02 Å². The van der Waals surface area contributed by atoms with Crippen molar-refractivity contribution in [2.45, 2.75) is 59.9 Å². The van der Waals surface area contributed by atoms with Crippen molar-refractivity contribution in [3.05, 3.63) is 29.3 Å². The van der Waals surface area contributed by atoms with Crippen molar-refractivity contribution >= 4 is 34.5 Å². The average Bonchev–Trinajstić information content (AvgIpc) is 3.29. The zero-order valence-corrected chi connectivity index (χ0v) is 20.5. The van der Waals surface area contributed by atoms with Crippen molar-refractivity contribution < 1.29 is 9.90 Å². The van der Waals surface area contributed by atoms with Crippen LogP contribution in [0.1, 0.15) is 53.9 Å². The van der Waals surface area contributed by atoms with Crippen molar-refractivity contribution in [3.63, 3.8) is 0 Å². The van der Waals surface area contributed by atoms with E-state index >= 15 is 0 Å². The Kier molecular flexibility index (Phi) is 5.79. The van der Waals surface area contributed by atoms with Gasteiger partial charge in [0.25, 0.3) is 0 Å². The molecule has 1 aliphatic rings. The van der Waals surface area contributed by atoms with Crippen LogP contribution in [0.3, 0.4) is 0 Å². The monoisotopic (exact) mass is 472 g/mol. The maximum absolute atomic E-state index is 12.8. The van der Waals surface area contributed by atoms with Crippen LogP contribution in [-0.2, 0) is 9.90 Å². The first-order valence-corrected chi connectivity index (χ1v) is 11.8. The van der Waals surface area contributed by atoms with Gasteiger partial charge in [0, 0.05) is 18.7 Å². The summed E-state index contributed by atoms with van der Waals surface area (Å²) in [6, 6.07) is 7.78. The molecule has 1 aromatic carbocycles. The highest BCUT2D eigenvalue weighted by Gasteiger charge is 2.41. The number of carbonyl (C=O) groups excluding carboxylic acids is 1. The van der Waals surface area contributed by atoms with E-state index in [1.54, 1.807) is 6.92 Å². The van der Waals surface area contributed by atoms with Gasteiger partial charge in [0.2, 0.25) is 17.5 Å². The molecule has 9 heteroatoms. The molecule has 1 radical (unpaired) electrons. The van der Waals surface area contributed by atoms with E-state index in [4.69, 9.17) is 11.6 Å². The molecule has 0 atom stereocenters. The molecule has 0 aliphatic heterocycles. The number of thiophene rings is 1. The molecule has 1 fully saturated rings. The number of amides is 1. The van der Waals surface area contributed by atoms with Gasteiger partial charge in [-0.05, 0) is 53.0 Å². The van der Waals surface area contributed by atoms with Crippen LogP contribution in [0.15, 0.2) is 24.3 Å². The summed E-state index contributed by atoms with van der Waals surface area (Å²) in [6.45, 7) is 10.7. The van der Waals surface area contributed by atoms with E-state index in [1.165, 1.54) is 11.3 Å². The minimum Gasteiger partial charge on any atom is -0.310 e. The smallest absolute Gasteiger partial charge is 0.224 e. The predicted molar refractivity (Wildman–Crippen MR) is 126 cm³/mol. The van der Waals surface area contributed by atoms with E-state index in [0.717, 1.165) is 30.5 Å². The Morgan fingerprint density at radius 3 is 2.47 bits per heavy atom. The molecule has 2 heterocycles. The minimum absolute atomic E-state index is 0.00919. The molecule has 0 bridgehead atoms. The van der Waals surface area contributed by atoms with Crippen LogP contribution < -0.4 is 4.90 Å². The number of aromatic amines is 1. The van der Waals surface area contributed by atoms with Crippen LogP contribution in [-0.4, -0.2) is 32.6 Å².